The van der Waals surface area contributed by atoms with Gasteiger partial charge in [-0.15, -0.1) is 0 Å². The Hall–Kier alpha value is -1.01. The molecule has 0 radical (unpaired) electrons. The van der Waals surface area contributed by atoms with Gasteiger partial charge < -0.3 is 10.7 Å². The Balaban J connectivity index is 2.05. The van der Waals surface area contributed by atoms with Gasteiger partial charge in [-0.05, 0) is 45.8 Å². The van der Waals surface area contributed by atoms with E-state index in [0.29, 0.717) is 11.9 Å². The number of thioether (sulfide) groups is 1. The molecule has 1 aliphatic rings. The number of aryl methyl sites for hydroxylation is 1. The standard InChI is InChI=1S/C13H23N5S/c1-8-12(15-9(2)16-13(8)18-14)17-10-4-6-11(19-3)7-5-10/h10-11H,4-7,14H2,1-3H3,(H2,15,16,17,18). The van der Waals surface area contributed by atoms with Crippen LogP contribution in [0.5, 0.6) is 0 Å². The summed E-state index contributed by atoms with van der Waals surface area (Å²) in [4.78, 5) is 8.77. The first-order valence-electron chi connectivity index (χ1n) is 6.75. The third-order valence-corrected chi connectivity index (χ3v) is 4.88. The Kier molecular flexibility index (Phi) is 4.87. The lowest BCUT2D eigenvalue weighted by molar-refractivity contribution is 0.472. The van der Waals surface area contributed by atoms with Crippen molar-refractivity contribution in [3.8, 4) is 0 Å². The molecule has 1 aromatic rings. The number of nitrogens with two attached hydrogens (primary N) is 1. The molecule has 1 heterocycles. The summed E-state index contributed by atoms with van der Waals surface area (Å²) in [5, 5.41) is 4.38. The first-order valence-corrected chi connectivity index (χ1v) is 8.04. The number of anilines is 2. The monoisotopic (exact) mass is 281 g/mol. The number of rotatable bonds is 4. The van der Waals surface area contributed by atoms with E-state index in [1.54, 1.807) is 0 Å². The van der Waals surface area contributed by atoms with Crippen LogP contribution in [0.3, 0.4) is 0 Å². The van der Waals surface area contributed by atoms with Crippen LogP contribution in [-0.2, 0) is 0 Å². The molecule has 0 spiro atoms. The van der Waals surface area contributed by atoms with E-state index >= 15 is 0 Å². The van der Waals surface area contributed by atoms with Crippen molar-refractivity contribution in [2.75, 3.05) is 17.0 Å². The minimum atomic E-state index is 0.516. The average molecular weight is 281 g/mol. The van der Waals surface area contributed by atoms with Gasteiger partial charge in [0.05, 0.1) is 0 Å². The van der Waals surface area contributed by atoms with Crippen LogP contribution < -0.4 is 16.6 Å². The number of nitrogens with one attached hydrogen (secondary N) is 2. The first-order chi connectivity index (χ1) is 9.13. The summed E-state index contributed by atoms with van der Waals surface area (Å²) in [7, 11) is 0. The fourth-order valence-corrected chi connectivity index (χ4v) is 3.29. The van der Waals surface area contributed by atoms with E-state index in [0.717, 1.165) is 22.5 Å². The van der Waals surface area contributed by atoms with Crippen molar-refractivity contribution in [1.29, 1.82) is 0 Å². The van der Waals surface area contributed by atoms with Crippen LogP contribution in [-0.4, -0.2) is 27.5 Å². The highest BCUT2D eigenvalue weighted by Crippen LogP contribution is 2.29. The molecule has 0 atom stereocenters. The summed E-state index contributed by atoms with van der Waals surface area (Å²) in [6, 6.07) is 0.516. The second-order valence-corrected chi connectivity index (χ2v) is 6.23. The number of nitrogen functional groups attached to an aromatic ring is 1. The number of hydrogen-bond donors (Lipinski definition) is 3. The zero-order valence-corrected chi connectivity index (χ0v) is 12.7. The van der Waals surface area contributed by atoms with Crippen LogP contribution in [0, 0.1) is 13.8 Å². The highest BCUT2D eigenvalue weighted by molar-refractivity contribution is 7.99. The van der Waals surface area contributed by atoms with Crippen LogP contribution in [0.15, 0.2) is 0 Å². The predicted molar refractivity (Wildman–Crippen MR) is 82.5 cm³/mol. The highest BCUT2D eigenvalue weighted by Gasteiger charge is 2.21. The van der Waals surface area contributed by atoms with Crippen molar-refractivity contribution in [2.45, 2.75) is 50.8 Å². The normalized spacial score (nSPS) is 23.2. The molecule has 1 fully saturated rings. The van der Waals surface area contributed by atoms with E-state index in [1.807, 2.05) is 25.6 Å². The molecule has 106 valence electrons. The first kappa shape index (κ1) is 14.4. The van der Waals surface area contributed by atoms with Gasteiger partial charge in [-0.3, -0.25) is 0 Å². The summed E-state index contributed by atoms with van der Waals surface area (Å²) in [5.41, 5.74) is 3.62. The highest BCUT2D eigenvalue weighted by atomic mass is 32.2. The van der Waals surface area contributed by atoms with Gasteiger partial charge in [0.2, 0.25) is 0 Å². The zero-order valence-electron chi connectivity index (χ0n) is 11.9. The van der Waals surface area contributed by atoms with Crippen LogP contribution in [0.2, 0.25) is 0 Å². The van der Waals surface area contributed by atoms with E-state index in [4.69, 9.17) is 5.84 Å². The molecule has 2 rings (SSSR count). The van der Waals surface area contributed by atoms with Gasteiger partial charge in [-0.1, -0.05) is 0 Å². The smallest absolute Gasteiger partial charge is 0.148 e. The van der Waals surface area contributed by atoms with Gasteiger partial charge in [0, 0.05) is 16.9 Å². The topological polar surface area (TPSA) is 75.9 Å². The molecule has 0 amide bonds. The molecule has 0 bridgehead atoms. The maximum atomic E-state index is 5.49. The van der Waals surface area contributed by atoms with E-state index < -0.39 is 0 Å². The lowest BCUT2D eigenvalue weighted by Gasteiger charge is -2.29. The molecule has 5 nitrogen and oxygen atoms in total. The van der Waals surface area contributed by atoms with E-state index in [9.17, 15) is 0 Å². The second-order valence-electron chi connectivity index (χ2n) is 5.09. The summed E-state index contributed by atoms with van der Waals surface area (Å²) >= 11 is 1.99. The van der Waals surface area contributed by atoms with Crippen LogP contribution in [0.4, 0.5) is 11.6 Å². The Morgan fingerprint density at radius 3 is 2.32 bits per heavy atom. The third kappa shape index (κ3) is 3.51. The summed E-state index contributed by atoms with van der Waals surface area (Å²) < 4.78 is 0. The van der Waals surface area contributed by atoms with Crippen molar-refractivity contribution < 1.29 is 0 Å². The van der Waals surface area contributed by atoms with Gasteiger partial charge in [-0.25, -0.2) is 15.8 Å². The molecule has 0 unspecified atom stereocenters. The molecule has 19 heavy (non-hydrogen) atoms. The van der Waals surface area contributed by atoms with E-state index in [1.165, 1.54) is 25.7 Å². The summed E-state index contributed by atoms with van der Waals surface area (Å²) in [5.74, 6) is 7.83. The second kappa shape index (κ2) is 6.43. The number of hydrogen-bond acceptors (Lipinski definition) is 6. The van der Waals surface area contributed by atoms with Crippen molar-refractivity contribution in [3.05, 3.63) is 11.4 Å². The Morgan fingerprint density at radius 2 is 1.74 bits per heavy atom. The summed E-state index contributed by atoms with van der Waals surface area (Å²) in [6.07, 6.45) is 7.18. The largest absolute Gasteiger partial charge is 0.367 e. The van der Waals surface area contributed by atoms with E-state index in [-0.39, 0.29) is 0 Å². The van der Waals surface area contributed by atoms with Gasteiger partial charge in [-0.2, -0.15) is 11.8 Å². The fourth-order valence-electron chi connectivity index (χ4n) is 2.55. The van der Waals surface area contributed by atoms with Crippen LogP contribution in [0.1, 0.15) is 37.1 Å². The maximum absolute atomic E-state index is 5.49. The third-order valence-electron chi connectivity index (χ3n) is 3.74. The van der Waals surface area contributed by atoms with Gasteiger partial charge in [0.15, 0.2) is 0 Å². The SMILES string of the molecule is CSC1CCC(Nc2nc(C)nc(NN)c2C)CC1. The molecular formula is C13H23N5S. The van der Waals surface area contributed by atoms with Crippen LogP contribution in [0.25, 0.3) is 0 Å². The molecule has 0 aromatic carbocycles. The van der Waals surface area contributed by atoms with Gasteiger partial charge >= 0.3 is 0 Å². The number of nitrogens with zero attached hydrogens (tertiary/aromatic N) is 2. The van der Waals surface area contributed by atoms with E-state index in [2.05, 4.69) is 27.0 Å². The zero-order chi connectivity index (χ0) is 13.8. The molecular weight excluding hydrogens is 258 g/mol. The maximum Gasteiger partial charge on any atom is 0.148 e. The molecule has 1 aromatic heterocycles. The Morgan fingerprint density at radius 1 is 1.11 bits per heavy atom. The minimum Gasteiger partial charge on any atom is -0.367 e. The quantitative estimate of drug-likeness (QED) is 0.581. The number of aromatic nitrogens is 2. The van der Waals surface area contributed by atoms with Crippen molar-refractivity contribution >= 4 is 23.4 Å². The molecule has 1 saturated carbocycles. The van der Waals surface area contributed by atoms with Gasteiger partial charge in [0.25, 0.3) is 0 Å². The van der Waals surface area contributed by atoms with Gasteiger partial charge in [0.1, 0.15) is 17.5 Å². The lowest BCUT2D eigenvalue weighted by atomic mass is 9.95. The minimum absolute atomic E-state index is 0.516. The predicted octanol–water partition coefficient (Wildman–Crippen LogP) is 2.47. The molecule has 1 aliphatic carbocycles. The Labute approximate surface area is 119 Å². The molecule has 0 saturated heterocycles. The van der Waals surface area contributed by atoms with Crippen molar-refractivity contribution in [2.24, 2.45) is 5.84 Å². The van der Waals surface area contributed by atoms with Crippen LogP contribution >= 0.6 is 11.8 Å². The number of hydrazine groups is 1. The Bertz CT molecular complexity index is 429. The average Bonchev–Trinajstić information content (AvgIpc) is 2.43. The summed E-state index contributed by atoms with van der Waals surface area (Å²) in [6.45, 7) is 3.88. The molecule has 6 heteroatoms. The molecule has 0 aliphatic heterocycles. The van der Waals surface area contributed by atoms with Crippen molar-refractivity contribution in [1.82, 2.24) is 9.97 Å². The fraction of sp³-hybridized carbons (Fsp3) is 0.692. The lowest BCUT2D eigenvalue weighted by Crippen LogP contribution is -2.28. The molecule has 4 N–H and O–H groups in total. The van der Waals surface area contributed by atoms with Crippen molar-refractivity contribution in [3.63, 3.8) is 0 Å².